The number of aryl methyl sites for hydroxylation is 1. The van der Waals surface area contributed by atoms with Crippen molar-refractivity contribution in [3.8, 4) is 11.3 Å². The Morgan fingerprint density at radius 1 is 0.750 bits per heavy atom. The molecule has 0 radical (unpaired) electrons. The molecular weight excluding hydrogens is 340 g/mol. The third-order valence-electron chi connectivity index (χ3n) is 6.45. The number of aromatic nitrogens is 2. The smallest absolute Gasteiger partial charge is 0.0929 e. The van der Waals surface area contributed by atoms with E-state index in [1.807, 2.05) is 0 Å². The molecular formula is C26H38N2. The zero-order chi connectivity index (χ0) is 19.6. The normalized spacial score (nSPS) is 19.6. The van der Waals surface area contributed by atoms with Gasteiger partial charge in [-0.15, -0.1) is 0 Å². The SMILES string of the molecule is CCCCCCC[C@H]1CC[C@H](c2ccc(-c3ccc(CCC)cc3)nn2)CC1. The van der Waals surface area contributed by atoms with Gasteiger partial charge >= 0.3 is 0 Å². The summed E-state index contributed by atoms with van der Waals surface area (Å²) in [4.78, 5) is 0. The van der Waals surface area contributed by atoms with Crippen molar-refractivity contribution in [1.29, 1.82) is 0 Å². The summed E-state index contributed by atoms with van der Waals surface area (Å²) in [6.45, 7) is 4.51. The van der Waals surface area contributed by atoms with Gasteiger partial charge in [0.2, 0.25) is 0 Å². The van der Waals surface area contributed by atoms with Crippen LogP contribution in [0.1, 0.15) is 102 Å². The van der Waals surface area contributed by atoms with Crippen LogP contribution in [0.3, 0.4) is 0 Å². The largest absolute Gasteiger partial charge is 0.155 e. The third kappa shape index (κ3) is 6.15. The topological polar surface area (TPSA) is 25.8 Å². The number of rotatable bonds is 10. The van der Waals surface area contributed by atoms with E-state index < -0.39 is 0 Å². The molecule has 1 aliphatic carbocycles. The first-order valence-corrected chi connectivity index (χ1v) is 11.7. The van der Waals surface area contributed by atoms with Gasteiger partial charge in [0.1, 0.15) is 0 Å². The first-order chi connectivity index (χ1) is 13.8. The molecule has 28 heavy (non-hydrogen) atoms. The van der Waals surface area contributed by atoms with Crippen LogP contribution in [0.25, 0.3) is 11.3 Å². The average Bonchev–Trinajstić information content (AvgIpc) is 2.75. The van der Waals surface area contributed by atoms with E-state index in [9.17, 15) is 0 Å². The van der Waals surface area contributed by atoms with Crippen LogP contribution in [-0.2, 0) is 6.42 Å². The number of nitrogens with zero attached hydrogens (tertiary/aromatic N) is 2. The highest BCUT2D eigenvalue weighted by Gasteiger charge is 2.23. The zero-order valence-corrected chi connectivity index (χ0v) is 18.0. The second kappa shape index (κ2) is 11.3. The van der Waals surface area contributed by atoms with Crippen LogP contribution >= 0.6 is 0 Å². The quantitative estimate of drug-likeness (QED) is 0.395. The summed E-state index contributed by atoms with van der Waals surface area (Å²) >= 11 is 0. The fraction of sp³-hybridized carbons (Fsp3) is 0.615. The van der Waals surface area contributed by atoms with Gasteiger partial charge in [-0.25, -0.2) is 0 Å². The summed E-state index contributed by atoms with van der Waals surface area (Å²) in [6.07, 6.45) is 16.1. The molecule has 1 fully saturated rings. The minimum absolute atomic E-state index is 0.616. The Labute approximate surface area is 172 Å². The summed E-state index contributed by atoms with van der Waals surface area (Å²) in [5, 5.41) is 9.16. The van der Waals surface area contributed by atoms with Crippen molar-refractivity contribution in [1.82, 2.24) is 10.2 Å². The van der Waals surface area contributed by atoms with Crippen molar-refractivity contribution >= 4 is 0 Å². The molecule has 0 spiro atoms. The molecule has 1 saturated carbocycles. The van der Waals surface area contributed by atoms with Crippen molar-refractivity contribution in [3.05, 3.63) is 47.7 Å². The predicted molar refractivity (Wildman–Crippen MR) is 120 cm³/mol. The Morgan fingerprint density at radius 2 is 1.50 bits per heavy atom. The van der Waals surface area contributed by atoms with Crippen molar-refractivity contribution in [2.24, 2.45) is 5.92 Å². The van der Waals surface area contributed by atoms with Crippen LogP contribution in [0.15, 0.2) is 36.4 Å². The van der Waals surface area contributed by atoms with Gasteiger partial charge in [0, 0.05) is 11.5 Å². The molecule has 0 bridgehead atoms. The average molecular weight is 379 g/mol. The maximum absolute atomic E-state index is 4.61. The predicted octanol–water partition coefficient (Wildman–Crippen LogP) is 7.73. The molecule has 0 aliphatic heterocycles. The highest BCUT2D eigenvalue weighted by molar-refractivity contribution is 5.58. The van der Waals surface area contributed by atoms with Gasteiger partial charge in [-0.1, -0.05) is 83.1 Å². The molecule has 0 unspecified atom stereocenters. The molecule has 0 amide bonds. The van der Waals surface area contributed by atoms with Crippen LogP contribution in [0.5, 0.6) is 0 Å². The molecule has 2 nitrogen and oxygen atoms in total. The molecule has 2 aromatic rings. The third-order valence-corrected chi connectivity index (χ3v) is 6.45. The minimum Gasteiger partial charge on any atom is -0.155 e. The molecule has 1 heterocycles. The van der Waals surface area contributed by atoms with E-state index >= 15 is 0 Å². The monoisotopic (exact) mass is 378 g/mol. The summed E-state index contributed by atoms with van der Waals surface area (Å²) in [6, 6.07) is 13.2. The summed E-state index contributed by atoms with van der Waals surface area (Å²) < 4.78 is 0. The second-order valence-corrected chi connectivity index (χ2v) is 8.71. The Balaban J connectivity index is 1.46. The number of unbranched alkanes of at least 4 members (excludes halogenated alkanes) is 4. The van der Waals surface area contributed by atoms with Crippen LogP contribution in [0, 0.1) is 5.92 Å². The first kappa shape index (κ1) is 21.0. The van der Waals surface area contributed by atoms with E-state index in [2.05, 4.69) is 60.4 Å². The zero-order valence-electron chi connectivity index (χ0n) is 18.0. The molecule has 1 aromatic heterocycles. The summed E-state index contributed by atoms with van der Waals surface area (Å²) in [7, 11) is 0. The molecule has 0 N–H and O–H groups in total. The van der Waals surface area contributed by atoms with E-state index in [1.54, 1.807) is 0 Å². The lowest BCUT2D eigenvalue weighted by molar-refractivity contribution is 0.298. The lowest BCUT2D eigenvalue weighted by Gasteiger charge is -2.28. The Morgan fingerprint density at radius 3 is 2.14 bits per heavy atom. The van der Waals surface area contributed by atoms with Crippen molar-refractivity contribution < 1.29 is 0 Å². The van der Waals surface area contributed by atoms with E-state index in [-0.39, 0.29) is 0 Å². The molecule has 3 rings (SSSR count). The van der Waals surface area contributed by atoms with Gasteiger partial charge in [-0.05, 0) is 55.7 Å². The molecule has 2 heteroatoms. The van der Waals surface area contributed by atoms with E-state index in [0.29, 0.717) is 5.92 Å². The van der Waals surface area contributed by atoms with E-state index in [1.165, 1.54) is 87.4 Å². The number of hydrogen-bond donors (Lipinski definition) is 0. The number of benzene rings is 1. The van der Waals surface area contributed by atoms with Crippen LogP contribution in [0.4, 0.5) is 0 Å². The first-order valence-electron chi connectivity index (χ1n) is 11.7. The summed E-state index contributed by atoms with van der Waals surface area (Å²) in [5.41, 5.74) is 4.77. The van der Waals surface area contributed by atoms with E-state index in [4.69, 9.17) is 0 Å². The van der Waals surface area contributed by atoms with Crippen LogP contribution in [-0.4, -0.2) is 10.2 Å². The van der Waals surface area contributed by atoms with Gasteiger partial charge in [0.15, 0.2) is 0 Å². The molecule has 152 valence electrons. The number of hydrogen-bond acceptors (Lipinski definition) is 2. The lowest BCUT2D eigenvalue weighted by Crippen LogP contribution is -2.14. The van der Waals surface area contributed by atoms with Gasteiger partial charge in [-0.3, -0.25) is 0 Å². The molecule has 0 saturated heterocycles. The Bertz CT molecular complexity index is 667. The molecule has 1 aromatic carbocycles. The van der Waals surface area contributed by atoms with Gasteiger partial charge in [0.05, 0.1) is 11.4 Å². The second-order valence-electron chi connectivity index (χ2n) is 8.71. The summed E-state index contributed by atoms with van der Waals surface area (Å²) in [5.74, 6) is 1.57. The maximum Gasteiger partial charge on any atom is 0.0929 e. The van der Waals surface area contributed by atoms with Crippen molar-refractivity contribution in [2.45, 2.75) is 96.8 Å². The lowest BCUT2D eigenvalue weighted by atomic mass is 9.78. The Kier molecular flexibility index (Phi) is 8.51. The fourth-order valence-electron chi connectivity index (χ4n) is 4.63. The molecule has 1 aliphatic rings. The highest BCUT2D eigenvalue weighted by atomic mass is 15.1. The van der Waals surface area contributed by atoms with Crippen molar-refractivity contribution in [3.63, 3.8) is 0 Å². The van der Waals surface area contributed by atoms with Gasteiger partial charge < -0.3 is 0 Å². The molecule has 0 atom stereocenters. The van der Waals surface area contributed by atoms with Crippen LogP contribution in [0.2, 0.25) is 0 Å². The highest BCUT2D eigenvalue weighted by Crippen LogP contribution is 2.37. The maximum atomic E-state index is 4.61. The van der Waals surface area contributed by atoms with Crippen molar-refractivity contribution in [2.75, 3.05) is 0 Å². The minimum atomic E-state index is 0.616. The standard InChI is InChI=1S/C26H38N2/c1-3-5-6-7-8-10-22-13-17-24(18-14-22)26-20-19-25(27-28-26)23-15-11-21(9-4-2)12-16-23/h11-12,15-16,19-20,22,24H,3-10,13-14,17-18H2,1-2H3/t22-,24-. The van der Waals surface area contributed by atoms with E-state index in [0.717, 1.165) is 18.0 Å². The van der Waals surface area contributed by atoms with Gasteiger partial charge in [-0.2, -0.15) is 10.2 Å². The Hall–Kier alpha value is -1.70. The fourth-order valence-corrected chi connectivity index (χ4v) is 4.63. The van der Waals surface area contributed by atoms with Crippen LogP contribution < -0.4 is 0 Å². The van der Waals surface area contributed by atoms with Gasteiger partial charge in [0.25, 0.3) is 0 Å².